The highest BCUT2D eigenvalue weighted by Gasteiger charge is 2.23. The number of carbonyl (C=O) groups is 1. The highest BCUT2D eigenvalue weighted by atomic mass is 16.5. The fraction of sp³-hybridized carbons (Fsp3) is 0.385. The number of aromatic amines is 1. The topological polar surface area (TPSA) is 116 Å². The summed E-state index contributed by atoms with van der Waals surface area (Å²) in [7, 11) is 0. The molecule has 0 radical (unpaired) electrons. The summed E-state index contributed by atoms with van der Waals surface area (Å²) in [5.74, 6) is 0.734. The summed E-state index contributed by atoms with van der Waals surface area (Å²) in [5, 5.41) is 9.05. The molecule has 0 aromatic carbocycles. The summed E-state index contributed by atoms with van der Waals surface area (Å²) < 4.78 is 4.65. The Balaban J connectivity index is 1.60. The normalized spacial score (nSPS) is 18.0. The second-order valence-electron chi connectivity index (χ2n) is 5.01. The Morgan fingerprint density at radius 2 is 2.41 bits per heavy atom. The lowest BCUT2D eigenvalue weighted by Gasteiger charge is -2.33. The predicted octanol–water partition coefficient (Wildman–Crippen LogP) is 0.548. The van der Waals surface area contributed by atoms with Crippen LogP contribution in [-0.2, 0) is 0 Å². The van der Waals surface area contributed by atoms with E-state index in [-0.39, 0.29) is 17.6 Å². The van der Waals surface area contributed by atoms with Gasteiger partial charge in [-0.2, -0.15) is 0 Å². The predicted molar refractivity (Wildman–Crippen MR) is 78.8 cm³/mol. The van der Waals surface area contributed by atoms with E-state index in [0.29, 0.717) is 18.2 Å². The standard InChI is InChI=1S/C13H16N6O3/c20-12-11(14-4-5-15-12)19-6-1-2-9(8-19)16-13(21)17-10-3-7-22-18-10/h3-5,7,9H,1-2,6,8H2,(H,15,20)(H2,16,17,18,21). The van der Waals surface area contributed by atoms with Crippen molar-refractivity contribution in [2.24, 2.45) is 0 Å². The van der Waals surface area contributed by atoms with Crippen LogP contribution in [-0.4, -0.2) is 40.3 Å². The van der Waals surface area contributed by atoms with E-state index in [1.54, 1.807) is 12.3 Å². The van der Waals surface area contributed by atoms with Crippen LogP contribution in [0.2, 0.25) is 0 Å². The summed E-state index contributed by atoms with van der Waals surface area (Å²) in [6.07, 6.45) is 6.13. The van der Waals surface area contributed by atoms with Crippen molar-refractivity contribution < 1.29 is 9.32 Å². The van der Waals surface area contributed by atoms with E-state index < -0.39 is 0 Å². The Morgan fingerprint density at radius 1 is 1.50 bits per heavy atom. The Hall–Kier alpha value is -2.84. The second kappa shape index (κ2) is 6.29. The Morgan fingerprint density at radius 3 is 3.18 bits per heavy atom. The van der Waals surface area contributed by atoms with E-state index >= 15 is 0 Å². The van der Waals surface area contributed by atoms with Gasteiger partial charge in [0, 0.05) is 37.6 Å². The fourth-order valence-corrected chi connectivity index (χ4v) is 2.47. The average molecular weight is 304 g/mol. The third-order valence-corrected chi connectivity index (χ3v) is 3.42. The quantitative estimate of drug-likeness (QED) is 0.762. The molecule has 3 rings (SSSR count). The zero-order chi connectivity index (χ0) is 15.4. The van der Waals surface area contributed by atoms with Crippen LogP contribution < -0.4 is 21.1 Å². The maximum atomic E-state index is 11.9. The molecule has 0 spiro atoms. The van der Waals surface area contributed by atoms with Crippen LogP contribution in [0.1, 0.15) is 12.8 Å². The van der Waals surface area contributed by atoms with Crippen LogP contribution in [0.4, 0.5) is 16.4 Å². The number of urea groups is 1. The van der Waals surface area contributed by atoms with Crippen molar-refractivity contribution in [3.63, 3.8) is 0 Å². The number of aromatic nitrogens is 3. The number of anilines is 2. The van der Waals surface area contributed by atoms with Gasteiger partial charge in [0.15, 0.2) is 11.6 Å². The third kappa shape index (κ3) is 3.25. The van der Waals surface area contributed by atoms with Crippen LogP contribution in [0.5, 0.6) is 0 Å². The molecule has 1 unspecified atom stereocenters. The lowest BCUT2D eigenvalue weighted by atomic mass is 10.1. The SMILES string of the molecule is O=C(Nc1ccon1)NC1CCCN(c2ncc[nH]c2=O)C1. The van der Waals surface area contributed by atoms with Crippen molar-refractivity contribution in [1.29, 1.82) is 0 Å². The number of carbonyl (C=O) groups excluding carboxylic acids is 1. The summed E-state index contributed by atoms with van der Waals surface area (Å²) in [5.41, 5.74) is -0.227. The van der Waals surface area contributed by atoms with E-state index in [9.17, 15) is 9.59 Å². The molecule has 0 saturated carbocycles. The molecule has 1 aliphatic heterocycles. The summed E-state index contributed by atoms with van der Waals surface area (Å²) in [4.78, 5) is 32.3. The minimum Gasteiger partial charge on any atom is -0.363 e. The van der Waals surface area contributed by atoms with E-state index in [0.717, 1.165) is 19.4 Å². The van der Waals surface area contributed by atoms with E-state index in [2.05, 4.69) is 30.3 Å². The molecule has 3 heterocycles. The maximum absolute atomic E-state index is 11.9. The smallest absolute Gasteiger partial charge is 0.320 e. The molecule has 9 nitrogen and oxygen atoms in total. The molecule has 2 aromatic rings. The molecule has 1 saturated heterocycles. The van der Waals surface area contributed by atoms with Gasteiger partial charge in [-0.25, -0.2) is 9.78 Å². The first-order chi connectivity index (χ1) is 10.7. The molecule has 1 aliphatic rings. The van der Waals surface area contributed by atoms with Crippen molar-refractivity contribution in [2.45, 2.75) is 18.9 Å². The van der Waals surface area contributed by atoms with Gasteiger partial charge in [-0.1, -0.05) is 5.16 Å². The molecular weight excluding hydrogens is 288 g/mol. The van der Waals surface area contributed by atoms with Gasteiger partial charge in [0.1, 0.15) is 6.26 Å². The number of nitrogens with one attached hydrogen (secondary N) is 3. The second-order valence-corrected chi connectivity index (χ2v) is 5.01. The Labute approximate surface area is 125 Å². The Bertz CT molecular complexity index is 683. The number of rotatable bonds is 3. The van der Waals surface area contributed by atoms with Crippen LogP contribution in [0.25, 0.3) is 0 Å². The summed E-state index contributed by atoms with van der Waals surface area (Å²) >= 11 is 0. The van der Waals surface area contributed by atoms with Crippen LogP contribution in [0, 0.1) is 0 Å². The maximum Gasteiger partial charge on any atom is 0.320 e. The van der Waals surface area contributed by atoms with Gasteiger partial charge in [0.2, 0.25) is 0 Å². The largest absolute Gasteiger partial charge is 0.363 e. The average Bonchev–Trinajstić information content (AvgIpc) is 3.00. The lowest BCUT2D eigenvalue weighted by molar-refractivity contribution is 0.246. The third-order valence-electron chi connectivity index (χ3n) is 3.42. The minimum absolute atomic E-state index is 0.0675. The molecule has 2 aromatic heterocycles. The molecule has 1 atom stereocenters. The molecule has 22 heavy (non-hydrogen) atoms. The molecule has 0 bridgehead atoms. The Kier molecular flexibility index (Phi) is 4.03. The van der Waals surface area contributed by atoms with E-state index in [1.807, 2.05) is 4.90 Å². The number of nitrogens with zero attached hydrogens (tertiary/aromatic N) is 3. The number of piperidine rings is 1. The van der Waals surface area contributed by atoms with Crippen molar-refractivity contribution in [2.75, 3.05) is 23.3 Å². The number of hydrogen-bond acceptors (Lipinski definition) is 6. The van der Waals surface area contributed by atoms with Crippen LogP contribution in [0.15, 0.2) is 34.0 Å². The van der Waals surface area contributed by atoms with E-state index in [1.165, 1.54) is 12.5 Å². The van der Waals surface area contributed by atoms with Gasteiger partial charge in [0.25, 0.3) is 5.56 Å². The van der Waals surface area contributed by atoms with Gasteiger partial charge >= 0.3 is 6.03 Å². The molecule has 2 amide bonds. The van der Waals surface area contributed by atoms with E-state index in [4.69, 9.17) is 0 Å². The van der Waals surface area contributed by atoms with Crippen LogP contribution in [0.3, 0.4) is 0 Å². The number of H-pyrrole nitrogens is 1. The van der Waals surface area contributed by atoms with Gasteiger partial charge in [0.05, 0.1) is 0 Å². The molecule has 3 N–H and O–H groups in total. The molecule has 9 heteroatoms. The zero-order valence-electron chi connectivity index (χ0n) is 11.8. The highest BCUT2D eigenvalue weighted by molar-refractivity contribution is 5.88. The molecule has 116 valence electrons. The van der Waals surface area contributed by atoms with Crippen molar-refractivity contribution in [3.05, 3.63) is 35.1 Å². The zero-order valence-corrected chi connectivity index (χ0v) is 11.8. The molecule has 1 fully saturated rings. The first-order valence-corrected chi connectivity index (χ1v) is 6.99. The summed E-state index contributed by atoms with van der Waals surface area (Å²) in [6, 6.07) is 1.14. The molecular formula is C13H16N6O3. The number of amides is 2. The summed E-state index contributed by atoms with van der Waals surface area (Å²) in [6.45, 7) is 1.27. The van der Waals surface area contributed by atoms with Gasteiger partial charge in [-0.05, 0) is 12.8 Å². The minimum atomic E-state index is -0.351. The van der Waals surface area contributed by atoms with Crippen molar-refractivity contribution in [3.8, 4) is 0 Å². The first-order valence-electron chi connectivity index (χ1n) is 6.99. The monoisotopic (exact) mass is 304 g/mol. The highest BCUT2D eigenvalue weighted by Crippen LogP contribution is 2.14. The van der Waals surface area contributed by atoms with Gasteiger partial charge < -0.3 is 19.7 Å². The van der Waals surface area contributed by atoms with Gasteiger partial charge in [-0.15, -0.1) is 0 Å². The molecule has 0 aliphatic carbocycles. The fourth-order valence-electron chi connectivity index (χ4n) is 2.47. The van der Waals surface area contributed by atoms with Gasteiger partial charge in [-0.3, -0.25) is 10.1 Å². The van der Waals surface area contributed by atoms with Crippen LogP contribution >= 0.6 is 0 Å². The van der Waals surface area contributed by atoms with Crippen molar-refractivity contribution >= 4 is 17.7 Å². The number of hydrogen-bond donors (Lipinski definition) is 3. The lowest BCUT2D eigenvalue weighted by Crippen LogP contribution is -2.50. The van der Waals surface area contributed by atoms with Crippen molar-refractivity contribution in [1.82, 2.24) is 20.4 Å². The first kappa shape index (κ1) is 14.1.